The molecule has 1 aliphatic rings. The van der Waals surface area contributed by atoms with Gasteiger partial charge >= 0.3 is 6.03 Å². The molecule has 0 aromatic carbocycles. The summed E-state index contributed by atoms with van der Waals surface area (Å²) in [6.07, 6.45) is 8.97. The van der Waals surface area contributed by atoms with Crippen LogP contribution in [0.3, 0.4) is 0 Å². The molecule has 0 saturated heterocycles. The molecule has 0 atom stereocenters. The number of nitrogens with one attached hydrogen (secondary N) is 2. The van der Waals surface area contributed by atoms with Crippen molar-refractivity contribution in [2.45, 2.75) is 58.3 Å². The van der Waals surface area contributed by atoms with Crippen molar-refractivity contribution < 1.29 is 9.53 Å². The van der Waals surface area contributed by atoms with Crippen LogP contribution in [0.25, 0.3) is 0 Å². The van der Waals surface area contributed by atoms with E-state index >= 15 is 0 Å². The lowest BCUT2D eigenvalue weighted by atomic mass is 10.2. The Morgan fingerprint density at radius 3 is 2.91 bits per heavy atom. The van der Waals surface area contributed by atoms with Crippen LogP contribution in [0.1, 0.15) is 56.0 Å². The Morgan fingerprint density at radius 2 is 2.05 bits per heavy atom. The average Bonchev–Trinajstić information content (AvgIpc) is 2.75. The van der Waals surface area contributed by atoms with Crippen molar-refractivity contribution in [3.05, 3.63) is 10.6 Å². The Labute approximate surface area is 136 Å². The Hall–Kier alpha value is -1.14. The van der Waals surface area contributed by atoms with E-state index in [1.54, 1.807) is 11.3 Å². The minimum absolute atomic E-state index is 0.169. The van der Waals surface area contributed by atoms with Gasteiger partial charge in [-0.3, -0.25) is 5.32 Å². The number of aryl methyl sites for hydroxylation is 2. The topological polar surface area (TPSA) is 63.2 Å². The van der Waals surface area contributed by atoms with E-state index in [0.29, 0.717) is 13.2 Å². The summed E-state index contributed by atoms with van der Waals surface area (Å²) in [6, 6.07) is -0.169. The molecular formula is C16H27N3O2S. The highest BCUT2D eigenvalue weighted by Gasteiger charge is 2.15. The summed E-state index contributed by atoms with van der Waals surface area (Å²) in [6.45, 7) is 4.29. The first-order valence-corrected chi connectivity index (χ1v) is 9.22. The predicted octanol–water partition coefficient (Wildman–Crippen LogP) is 3.74. The van der Waals surface area contributed by atoms with Crippen LogP contribution < -0.4 is 10.6 Å². The molecule has 5 nitrogen and oxygen atoms in total. The number of hydrogen-bond donors (Lipinski definition) is 2. The molecular weight excluding hydrogens is 298 g/mol. The van der Waals surface area contributed by atoms with Gasteiger partial charge in [0, 0.05) is 24.6 Å². The lowest BCUT2D eigenvalue weighted by Crippen LogP contribution is -2.30. The van der Waals surface area contributed by atoms with Crippen molar-refractivity contribution in [2.75, 3.05) is 25.1 Å². The van der Waals surface area contributed by atoms with Crippen LogP contribution in [0.2, 0.25) is 0 Å². The van der Waals surface area contributed by atoms with Crippen LogP contribution in [-0.2, 0) is 17.6 Å². The first-order chi connectivity index (χ1) is 10.8. The van der Waals surface area contributed by atoms with Crippen molar-refractivity contribution in [3.63, 3.8) is 0 Å². The van der Waals surface area contributed by atoms with Gasteiger partial charge in [-0.25, -0.2) is 9.78 Å². The Kier molecular flexibility index (Phi) is 7.66. The molecule has 2 amide bonds. The van der Waals surface area contributed by atoms with E-state index in [1.165, 1.54) is 29.8 Å². The fourth-order valence-electron chi connectivity index (χ4n) is 2.45. The van der Waals surface area contributed by atoms with Crippen molar-refractivity contribution >= 4 is 22.5 Å². The molecule has 0 bridgehead atoms. The van der Waals surface area contributed by atoms with Gasteiger partial charge in [0.05, 0.1) is 5.69 Å². The molecule has 1 aromatic rings. The van der Waals surface area contributed by atoms with Crippen LogP contribution in [0.5, 0.6) is 0 Å². The maximum atomic E-state index is 11.8. The standard InChI is InChI=1S/C16H27N3O2S/c1-2-3-11-21-12-7-10-17-15(20)19-16-18-13-8-5-4-6-9-14(13)22-16/h2-12H2,1H3,(H2,17,18,19,20). The number of carbonyl (C=O) groups excluding carboxylic acids is 1. The van der Waals surface area contributed by atoms with Gasteiger partial charge in [-0.15, -0.1) is 11.3 Å². The number of aromatic nitrogens is 1. The molecule has 1 heterocycles. The zero-order chi connectivity index (χ0) is 15.6. The monoisotopic (exact) mass is 325 g/mol. The zero-order valence-corrected chi connectivity index (χ0v) is 14.3. The number of thiazole rings is 1. The summed E-state index contributed by atoms with van der Waals surface area (Å²) in [4.78, 5) is 17.7. The van der Waals surface area contributed by atoms with E-state index in [4.69, 9.17) is 4.74 Å². The lowest BCUT2D eigenvalue weighted by Gasteiger charge is -2.06. The maximum absolute atomic E-state index is 11.8. The second kappa shape index (κ2) is 9.79. The Morgan fingerprint density at radius 1 is 1.23 bits per heavy atom. The van der Waals surface area contributed by atoms with E-state index in [-0.39, 0.29) is 6.03 Å². The van der Waals surface area contributed by atoms with Crippen LogP contribution in [0, 0.1) is 0 Å². The van der Waals surface area contributed by atoms with Gasteiger partial charge in [-0.1, -0.05) is 19.8 Å². The molecule has 0 fully saturated rings. The van der Waals surface area contributed by atoms with E-state index in [1.807, 2.05) is 0 Å². The van der Waals surface area contributed by atoms with Crippen molar-refractivity contribution in [2.24, 2.45) is 0 Å². The number of fused-ring (bicyclic) bond motifs is 1. The average molecular weight is 325 g/mol. The van der Waals surface area contributed by atoms with Gasteiger partial charge in [0.2, 0.25) is 0 Å². The van der Waals surface area contributed by atoms with Gasteiger partial charge in [0.1, 0.15) is 0 Å². The molecule has 124 valence electrons. The number of nitrogens with zero attached hydrogens (tertiary/aromatic N) is 1. The number of amides is 2. The third-order valence-corrected chi connectivity index (χ3v) is 4.78. The van der Waals surface area contributed by atoms with E-state index in [0.717, 1.165) is 43.8 Å². The molecule has 6 heteroatoms. The molecule has 0 radical (unpaired) electrons. The fourth-order valence-corrected chi connectivity index (χ4v) is 3.49. The van der Waals surface area contributed by atoms with Crippen LogP contribution >= 0.6 is 11.3 Å². The van der Waals surface area contributed by atoms with Gasteiger partial charge < -0.3 is 10.1 Å². The summed E-state index contributed by atoms with van der Waals surface area (Å²) >= 11 is 1.62. The summed E-state index contributed by atoms with van der Waals surface area (Å²) in [5.74, 6) is 0. The van der Waals surface area contributed by atoms with Crippen LogP contribution in [0.15, 0.2) is 0 Å². The number of carbonyl (C=O) groups is 1. The molecule has 0 aliphatic heterocycles. The van der Waals surface area contributed by atoms with Crippen molar-refractivity contribution in [1.82, 2.24) is 10.3 Å². The molecule has 0 saturated carbocycles. The number of rotatable bonds is 8. The Balaban J connectivity index is 1.63. The number of hydrogen-bond acceptors (Lipinski definition) is 4. The predicted molar refractivity (Wildman–Crippen MR) is 90.7 cm³/mol. The molecule has 22 heavy (non-hydrogen) atoms. The van der Waals surface area contributed by atoms with E-state index in [9.17, 15) is 4.79 Å². The van der Waals surface area contributed by atoms with Gasteiger partial charge in [-0.2, -0.15) is 0 Å². The smallest absolute Gasteiger partial charge is 0.321 e. The molecule has 1 aromatic heterocycles. The van der Waals surface area contributed by atoms with Crippen molar-refractivity contribution in [3.8, 4) is 0 Å². The third-order valence-electron chi connectivity index (χ3n) is 3.71. The molecule has 2 N–H and O–H groups in total. The molecule has 1 aliphatic carbocycles. The summed E-state index contributed by atoms with van der Waals surface area (Å²) in [7, 11) is 0. The quantitative estimate of drug-likeness (QED) is 0.565. The van der Waals surface area contributed by atoms with Gasteiger partial charge in [0.25, 0.3) is 0 Å². The highest BCUT2D eigenvalue weighted by atomic mass is 32.1. The first kappa shape index (κ1) is 17.2. The van der Waals surface area contributed by atoms with Crippen LogP contribution in [-0.4, -0.2) is 30.8 Å². The SMILES string of the molecule is CCCCOCCCNC(=O)Nc1nc2c(s1)CCCCC2. The fraction of sp³-hybridized carbons (Fsp3) is 0.750. The zero-order valence-electron chi connectivity index (χ0n) is 13.5. The first-order valence-electron chi connectivity index (χ1n) is 8.40. The third kappa shape index (κ3) is 5.93. The minimum atomic E-state index is -0.169. The Bertz CT molecular complexity index is 439. The summed E-state index contributed by atoms with van der Waals surface area (Å²) in [5, 5.41) is 6.42. The highest BCUT2D eigenvalue weighted by Crippen LogP contribution is 2.28. The molecule has 0 spiro atoms. The van der Waals surface area contributed by atoms with Gasteiger partial charge in [0.15, 0.2) is 5.13 Å². The molecule has 0 unspecified atom stereocenters. The summed E-state index contributed by atoms with van der Waals surface area (Å²) in [5.41, 5.74) is 1.18. The number of urea groups is 1. The highest BCUT2D eigenvalue weighted by molar-refractivity contribution is 7.15. The minimum Gasteiger partial charge on any atom is -0.381 e. The van der Waals surface area contributed by atoms with Gasteiger partial charge in [-0.05, 0) is 38.5 Å². The van der Waals surface area contributed by atoms with E-state index in [2.05, 4.69) is 22.5 Å². The number of ether oxygens (including phenoxy) is 1. The normalized spacial score (nSPS) is 14.2. The molecule has 2 rings (SSSR count). The second-order valence-electron chi connectivity index (χ2n) is 5.65. The maximum Gasteiger partial charge on any atom is 0.321 e. The summed E-state index contributed by atoms with van der Waals surface area (Å²) < 4.78 is 5.46. The largest absolute Gasteiger partial charge is 0.381 e. The van der Waals surface area contributed by atoms with Crippen molar-refractivity contribution in [1.29, 1.82) is 0 Å². The lowest BCUT2D eigenvalue weighted by molar-refractivity contribution is 0.129. The second-order valence-corrected chi connectivity index (χ2v) is 6.73. The van der Waals surface area contributed by atoms with E-state index < -0.39 is 0 Å². The number of unbranched alkanes of at least 4 members (excludes halogenated alkanes) is 1. The number of anilines is 1. The van der Waals surface area contributed by atoms with Crippen LogP contribution in [0.4, 0.5) is 9.93 Å².